The van der Waals surface area contributed by atoms with Gasteiger partial charge in [0.1, 0.15) is 11.5 Å². The zero-order valence-corrected chi connectivity index (χ0v) is 20.9. The van der Waals surface area contributed by atoms with Crippen LogP contribution in [0.5, 0.6) is 0 Å². The fourth-order valence-corrected chi connectivity index (χ4v) is 4.36. The normalized spacial score (nSPS) is 14.4. The summed E-state index contributed by atoms with van der Waals surface area (Å²) in [7, 11) is 2.12. The summed E-state index contributed by atoms with van der Waals surface area (Å²) in [6, 6.07) is 16.7. The third-order valence-electron chi connectivity index (χ3n) is 5.46. The van der Waals surface area contributed by atoms with Crippen molar-refractivity contribution in [2.45, 2.75) is 0 Å². The van der Waals surface area contributed by atoms with Crippen molar-refractivity contribution in [2.75, 3.05) is 43.4 Å². The highest BCUT2D eigenvalue weighted by atomic mass is 35.5. The number of thiocarbonyl (C=S) groups is 1. The van der Waals surface area contributed by atoms with Gasteiger partial charge in [0.05, 0.1) is 16.4 Å². The van der Waals surface area contributed by atoms with Gasteiger partial charge in [-0.2, -0.15) is 0 Å². The molecule has 1 saturated heterocycles. The standard InChI is InChI=1S/C25H24Cl2N4O2S/c1-30-12-14-31(15-13-30)22-5-3-2-4-21(22)28-25(34)29-24(32)11-8-18-7-10-23(33-18)19-9-6-17(26)16-20(19)27/h2-11,16H,12-15H2,1H3,(H2,28,29,32,34)/b11-8+. The number of rotatable bonds is 5. The number of furan rings is 1. The number of nitrogens with zero attached hydrogens (tertiary/aromatic N) is 2. The number of para-hydroxylation sites is 2. The Hall–Kier alpha value is -2.84. The average Bonchev–Trinajstić information content (AvgIpc) is 3.27. The molecule has 1 aliphatic rings. The maximum Gasteiger partial charge on any atom is 0.250 e. The summed E-state index contributed by atoms with van der Waals surface area (Å²) in [5, 5.41) is 7.09. The van der Waals surface area contributed by atoms with E-state index >= 15 is 0 Å². The van der Waals surface area contributed by atoms with Crippen molar-refractivity contribution >= 4 is 63.9 Å². The van der Waals surface area contributed by atoms with Crippen molar-refractivity contribution in [3.8, 4) is 11.3 Å². The highest BCUT2D eigenvalue weighted by Gasteiger charge is 2.17. The van der Waals surface area contributed by atoms with Gasteiger partial charge in [0.2, 0.25) is 5.91 Å². The third-order valence-corrected chi connectivity index (χ3v) is 6.21. The number of piperazine rings is 1. The number of amides is 1. The molecule has 4 rings (SSSR count). The first-order chi connectivity index (χ1) is 16.4. The molecule has 9 heteroatoms. The Kier molecular flexibility index (Phi) is 7.90. The van der Waals surface area contributed by atoms with Crippen LogP contribution < -0.4 is 15.5 Å². The molecule has 0 aliphatic carbocycles. The van der Waals surface area contributed by atoms with Gasteiger partial charge in [0.15, 0.2) is 5.11 Å². The topological polar surface area (TPSA) is 60.8 Å². The Morgan fingerprint density at radius 2 is 1.82 bits per heavy atom. The molecule has 1 amide bonds. The number of nitrogens with one attached hydrogen (secondary N) is 2. The van der Waals surface area contributed by atoms with E-state index in [0.717, 1.165) is 43.1 Å². The lowest BCUT2D eigenvalue weighted by atomic mass is 10.2. The predicted octanol–water partition coefficient (Wildman–Crippen LogP) is 5.53. The lowest BCUT2D eigenvalue weighted by molar-refractivity contribution is -0.115. The van der Waals surface area contributed by atoms with Crippen molar-refractivity contribution in [2.24, 2.45) is 0 Å². The second-order valence-electron chi connectivity index (χ2n) is 7.91. The second-order valence-corrected chi connectivity index (χ2v) is 9.16. The molecule has 0 unspecified atom stereocenters. The first-order valence-electron chi connectivity index (χ1n) is 10.8. The van der Waals surface area contributed by atoms with Crippen LogP contribution in [0.1, 0.15) is 5.76 Å². The number of benzene rings is 2. The third kappa shape index (κ3) is 6.18. The van der Waals surface area contributed by atoms with Crippen molar-refractivity contribution in [3.63, 3.8) is 0 Å². The van der Waals surface area contributed by atoms with E-state index in [2.05, 4.69) is 33.5 Å². The summed E-state index contributed by atoms with van der Waals surface area (Å²) < 4.78 is 5.78. The van der Waals surface area contributed by atoms with E-state index in [4.69, 9.17) is 39.8 Å². The van der Waals surface area contributed by atoms with Crippen LogP contribution in [0.3, 0.4) is 0 Å². The molecule has 0 bridgehead atoms. The average molecular weight is 515 g/mol. The number of likely N-dealkylation sites (N-methyl/N-ethyl adjacent to an activating group) is 1. The minimum absolute atomic E-state index is 0.226. The first kappa shape index (κ1) is 24.3. The quantitative estimate of drug-likeness (QED) is 0.344. The zero-order chi connectivity index (χ0) is 24.1. The van der Waals surface area contributed by atoms with E-state index in [0.29, 0.717) is 21.6 Å². The van der Waals surface area contributed by atoms with Gasteiger partial charge in [-0.15, -0.1) is 0 Å². The molecule has 0 radical (unpaired) electrons. The van der Waals surface area contributed by atoms with Crippen LogP contribution in [0.2, 0.25) is 10.0 Å². The molecule has 2 N–H and O–H groups in total. The summed E-state index contributed by atoms with van der Waals surface area (Å²) >= 11 is 17.6. The molecule has 176 valence electrons. The number of carbonyl (C=O) groups is 1. The summed E-state index contributed by atoms with van der Waals surface area (Å²) in [6.45, 7) is 3.87. The zero-order valence-electron chi connectivity index (χ0n) is 18.6. The van der Waals surface area contributed by atoms with E-state index < -0.39 is 0 Å². The molecular formula is C25H24Cl2N4O2S. The summed E-state index contributed by atoms with van der Waals surface area (Å²) in [5.74, 6) is 0.729. The summed E-state index contributed by atoms with van der Waals surface area (Å²) in [4.78, 5) is 17.0. The van der Waals surface area contributed by atoms with E-state index in [1.807, 2.05) is 18.2 Å². The Balaban J connectivity index is 1.35. The molecule has 0 atom stereocenters. The van der Waals surface area contributed by atoms with Crippen LogP contribution in [0, 0.1) is 0 Å². The Morgan fingerprint density at radius 3 is 2.59 bits per heavy atom. The molecule has 0 saturated carbocycles. The number of anilines is 2. The Labute approximate surface area is 214 Å². The second kappa shape index (κ2) is 11.1. The van der Waals surface area contributed by atoms with Crippen LogP contribution >= 0.6 is 35.4 Å². The highest BCUT2D eigenvalue weighted by Crippen LogP contribution is 2.32. The monoisotopic (exact) mass is 514 g/mol. The fourth-order valence-electron chi connectivity index (χ4n) is 3.64. The van der Waals surface area contributed by atoms with Crippen LogP contribution in [-0.2, 0) is 4.79 Å². The highest BCUT2D eigenvalue weighted by molar-refractivity contribution is 7.80. The number of hydrogen-bond donors (Lipinski definition) is 2. The predicted molar refractivity (Wildman–Crippen MR) is 144 cm³/mol. The molecular weight excluding hydrogens is 491 g/mol. The van der Waals surface area contributed by atoms with Gasteiger partial charge in [-0.05, 0) is 67.8 Å². The smallest absolute Gasteiger partial charge is 0.250 e. The number of hydrogen-bond acceptors (Lipinski definition) is 5. The van der Waals surface area contributed by atoms with Gasteiger partial charge in [-0.1, -0.05) is 35.3 Å². The van der Waals surface area contributed by atoms with Gasteiger partial charge < -0.3 is 19.5 Å². The molecule has 1 fully saturated rings. The summed E-state index contributed by atoms with van der Waals surface area (Å²) in [5.41, 5.74) is 2.64. The van der Waals surface area contributed by atoms with E-state index in [1.165, 1.54) is 6.08 Å². The lowest BCUT2D eigenvalue weighted by Gasteiger charge is -2.35. The maximum absolute atomic E-state index is 12.4. The Bertz CT molecular complexity index is 1220. The molecule has 6 nitrogen and oxygen atoms in total. The van der Waals surface area contributed by atoms with Crippen LogP contribution in [-0.4, -0.2) is 49.1 Å². The van der Waals surface area contributed by atoms with Gasteiger partial charge in [-0.25, -0.2) is 0 Å². The van der Waals surface area contributed by atoms with Crippen molar-refractivity contribution in [3.05, 3.63) is 76.5 Å². The molecule has 1 aromatic heterocycles. The maximum atomic E-state index is 12.4. The van der Waals surface area contributed by atoms with E-state index in [1.54, 1.807) is 36.4 Å². The molecule has 3 aromatic rings. The van der Waals surface area contributed by atoms with Gasteiger partial charge in [-0.3, -0.25) is 10.1 Å². The van der Waals surface area contributed by atoms with E-state index in [9.17, 15) is 4.79 Å². The number of carbonyl (C=O) groups excluding carboxylic acids is 1. The first-order valence-corrected chi connectivity index (χ1v) is 11.9. The van der Waals surface area contributed by atoms with Crippen LogP contribution in [0.4, 0.5) is 11.4 Å². The minimum atomic E-state index is -0.364. The fraction of sp³-hybridized carbons (Fsp3) is 0.200. The molecule has 2 aromatic carbocycles. The van der Waals surface area contributed by atoms with Gasteiger partial charge >= 0.3 is 0 Å². The molecule has 1 aliphatic heterocycles. The van der Waals surface area contributed by atoms with Crippen LogP contribution in [0.15, 0.2) is 65.1 Å². The number of halogens is 2. The SMILES string of the molecule is CN1CCN(c2ccccc2NC(=S)NC(=O)/C=C/c2ccc(-c3ccc(Cl)cc3Cl)o2)CC1. The van der Waals surface area contributed by atoms with Crippen LogP contribution in [0.25, 0.3) is 17.4 Å². The lowest BCUT2D eigenvalue weighted by Crippen LogP contribution is -2.45. The molecule has 2 heterocycles. The van der Waals surface area contributed by atoms with Crippen molar-refractivity contribution in [1.82, 2.24) is 10.2 Å². The molecule has 34 heavy (non-hydrogen) atoms. The van der Waals surface area contributed by atoms with Crippen molar-refractivity contribution in [1.29, 1.82) is 0 Å². The molecule has 0 spiro atoms. The summed E-state index contributed by atoms with van der Waals surface area (Å²) in [6.07, 6.45) is 2.94. The minimum Gasteiger partial charge on any atom is -0.457 e. The largest absolute Gasteiger partial charge is 0.457 e. The van der Waals surface area contributed by atoms with E-state index in [-0.39, 0.29) is 11.0 Å². The van der Waals surface area contributed by atoms with Crippen molar-refractivity contribution < 1.29 is 9.21 Å². The Morgan fingerprint density at radius 1 is 1.06 bits per heavy atom. The van der Waals surface area contributed by atoms with Gasteiger partial charge in [0, 0.05) is 42.8 Å². The van der Waals surface area contributed by atoms with Gasteiger partial charge in [0.25, 0.3) is 0 Å².